The maximum atomic E-state index is 12.4. The first kappa shape index (κ1) is 16.6. The third-order valence-electron chi connectivity index (χ3n) is 5.60. The second-order valence-electron chi connectivity index (χ2n) is 7.16. The first-order valence-corrected chi connectivity index (χ1v) is 9.96. The van der Waals surface area contributed by atoms with Crippen LogP contribution in [0.4, 0.5) is 0 Å². The molecule has 132 valence electrons. The standard InChI is InChI=1S/C20H23NO3S/c22-19(21-10-9-14-5-1-2-7-16(14)12-21)13-24-20(23)18-11-15-6-3-4-8-17(15)25-18/h3-4,6,8,11,14,16H,1-2,5,7,9-10,12-13H2/t14-,16-/m1/s1. The molecule has 1 amide bonds. The molecular formula is C20H23NO3S. The van der Waals surface area contributed by atoms with E-state index in [4.69, 9.17) is 4.74 Å². The Hall–Kier alpha value is -1.88. The lowest BCUT2D eigenvalue weighted by Crippen LogP contribution is -2.46. The predicted molar refractivity (Wildman–Crippen MR) is 98.8 cm³/mol. The molecule has 1 aromatic heterocycles. The summed E-state index contributed by atoms with van der Waals surface area (Å²) in [5.41, 5.74) is 0. The zero-order valence-corrected chi connectivity index (χ0v) is 15.1. The molecule has 0 spiro atoms. The van der Waals surface area contributed by atoms with E-state index in [2.05, 4.69) is 0 Å². The number of piperidine rings is 1. The van der Waals surface area contributed by atoms with Crippen molar-refractivity contribution in [3.8, 4) is 0 Å². The van der Waals surface area contributed by atoms with Crippen LogP contribution in [0.3, 0.4) is 0 Å². The minimum absolute atomic E-state index is 0.0570. The van der Waals surface area contributed by atoms with Crippen LogP contribution in [0, 0.1) is 11.8 Å². The van der Waals surface area contributed by atoms with Crippen molar-refractivity contribution in [3.63, 3.8) is 0 Å². The van der Waals surface area contributed by atoms with Gasteiger partial charge < -0.3 is 9.64 Å². The van der Waals surface area contributed by atoms with Crippen LogP contribution in [-0.4, -0.2) is 36.5 Å². The first-order chi connectivity index (χ1) is 12.2. The Morgan fingerprint density at radius 3 is 2.76 bits per heavy atom. The average Bonchev–Trinajstić information content (AvgIpc) is 3.09. The number of esters is 1. The molecule has 25 heavy (non-hydrogen) atoms. The Morgan fingerprint density at radius 1 is 1.12 bits per heavy atom. The van der Waals surface area contributed by atoms with E-state index in [1.807, 2.05) is 35.2 Å². The van der Waals surface area contributed by atoms with Crippen LogP contribution in [-0.2, 0) is 9.53 Å². The molecule has 1 aliphatic heterocycles. The molecule has 5 heteroatoms. The van der Waals surface area contributed by atoms with Crippen molar-refractivity contribution in [3.05, 3.63) is 35.2 Å². The van der Waals surface area contributed by atoms with Gasteiger partial charge in [-0.25, -0.2) is 4.79 Å². The number of carbonyl (C=O) groups excluding carboxylic acids is 2. The highest BCUT2D eigenvalue weighted by Gasteiger charge is 2.33. The molecule has 0 bridgehead atoms. The number of thiophene rings is 1. The molecule has 1 aromatic carbocycles. The zero-order valence-electron chi connectivity index (χ0n) is 14.3. The van der Waals surface area contributed by atoms with Crippen LogP contribution in [0.2, 0.25) is 0 Å². The van der Waals surface area contributed by atoms with E-state index in [9.17, 15) is 9.59 Å². The van der Waals surface area contributed by atoms with Gasteiger partial charge in [0, 0.05) is 17.8 Å². The maximum absolute atomic E-state index is 12.4. The van der Waals surface area contributed by atoms with E-state index in [1.54, 1.807) is 0 Å². The number of hydrogen-bond acceptors (Lipinski definition) is 4. The molecule has 0 unspecified atom stereocenters. The number of benzene rings is 1. The summed E-state index contributed by atoms with van der Waals surface area (Å²) in [6.45, 7) is 1.49. The number of likely N-dealkylation sites (tertiary alicyclic amines) is 1. The summed E-state index contributed by atoms with van der Waals surface area (Å²) >= 11 is 1.41. The van der Waals surface area contributed by atoms with Gasteiger partial charge in [-0.15, -0.1) is 11.3 Å². The molecule has 2 aromatic rings. The lowest BCUT2D eigenvalue weighted by Gasteiger charge is -2.41. The second kappa shape index (κ2) is 7.16. The van der Waals surface area contributed by atoms with E-state index < -0.39 is 5.97 Å². The van der Waals surface area contributed by atoms with Crippen LogP contribution in [0.25, 0.3) is 10.1 Å². The van der Waals surface area contributed by atoms with Gasteiger partial charge in [0.05, 0.1) is 0 Å². The van der Waals surface area contributed by atoms with Gasteiger partial charge in [0.25, 0.3) is 5.91 Å². The third-order valence-corrected chi connectivity index (χ3v) is 6.69. The number of fused-ring (bicyclic) bond motifs is 2. The van der Waals surface area contributed by atoms with Gasteiger partial charge in [-0.1, -0.05) is 37.5 Å². The van der Waals surface area contributed by atoms with Gasteiger partial charge in [-0.05, 0) is 42.2 Å². The Balaban J connectivity index is 1.33. The Bertz CT molecular complexity index is 751. The minimum Gasteiger partial charge on any atom is -0.451 e. The normalized spacial score (nSPS) is 23.3. The number of ether oxygens (including phenoxy) is 1. The molecule has 4 rings (SSSR count). The molecule has 1 saturated carbocycles. The van der Waals surface area contributed by atoms with E-state index in [0.29, 0.717) is 10.8 Å². The smallest absolute Gasteiger partial charge is 0.348 e. The summed E-state index contributed by atoms with van der Waals surface area (Å²) in [6, 6.07) is 9.69. The summed E-state index contributed by atoms with van der Waals surface area (Å²) in [5, 5.41) is 1.03. The van der Waals surface area contributed by atoms with Crippen molar-refractivity contribution in [2.24, 2.45) is 11.8 Å². The Morgan fingerprint density at radius 2 is 1.92 bits per heavy atom. The monoisotopic (exact) mass is 357 g/mol. The Labute approximate surface area is 151 Å². The highest BCUT2D eigenvalue weighted by molar-refractivity contribution is 7.20. The van der Waals surface area contributed by atoms with Crippen molar-refractivity contribution < 1.29 is 14.3 Å². The summed E-state index contributed by atoms with van der Waals surface area (Å²) in [4.78, 5) is 27.1. The molecule has 2 aliphatic rings. The molecule has 0 radical (unpaired) electrons. The van der Waals surface area contributed by atoms with Crippen LogP contribution < -0.4 is 0 Å². The summed E-state index contributed by atoms with van der Waals surface area (Å²) in [5.74, 6) is 0.976. The van der Waals surface area contributed by atoms with Crippen LogP contribution in [0.5, 0.6) is 0 Å². The molecular weight excluding hydrogens is 334 g/mol. The minimum atomic E-state index is -0.401. The van der Waals surface area contributed by atoms with Crippen LogP contribution in [0.15, 0.2) is 30.3 Å². The average molecular weight is 357 g/mol. The highest BCUT2D eigenvalue weighted by atomic mass is 32.1. The fourth-order valence-electron chi connectivity index (χ4n) is 4.20. The van der Waals surface area contributed by atoms with Crippen LogP contribution in [0.1, 0.15) is 41.8 Å². The van der Waals surface area contributed by atoms with Gasteiger partial charge in [0.2, 0.25) is 0 Å². The second-order valence-corrected chi connectivity index (χ2v) is 8.24. The van der Waals surface area contributed by atoms with E-state index in [1.165, 1.54) is 37.0 Å². The SMILES string of the molecule is O=C(OCC(=O)N1CC[C@H]2CCCC[C@@H]2C1)c1cc2ccccc2s1. The number of rotatable bonds is 3. The van der Waals surface area contributed by atoms with E-state index in [0.717, 1.165) is 35.5 Å². The predicted octanol–water partition coefficient (Wildman–Crippen LogP) is 4.10. The molecule has 2 atom stereocenters. The maximum Gasteiger partial charge on any atom is 0.348 e. The summed E-state index contributed by atoms with van der Waals surface area (Å²) in [7, 11) is 0. The fraction of sp³-hybridized carbons (Fsp3) is 0.500. The van der Waals surface area contributed by atoms with Crippen molar-refractivity contribution in [1.82, 2.24) is 4.90 Å². The zero-order chi connectivity index (χ0) is 17.2. The topological polar surface area (TPSA) is 46.6 Å². The Kier molecular flexibility index (Phi) is 4.75. The largest absolute Gasteiger partial charge is 0.451 e. The van der Waals surface area contributed by atoms with Gasteiger partial charge in [-0.3, -0.25) is 4.79 Å². The van der Waals surface area contributed by atoms with Gasteiger partial charge in [0.1, 0.15) is 4.88 Å². The van der Waals surface area contributed by atoms with Crippen molar-refractivity contribution in [2.45, 2.75) is 32.1 Å². The number of amides is 1. The first-order valence-electron chi connectivity index (χ1n) is 9.14. The van der Waals surface area contributed by atoms with E-state index in [-0.39, 0.29) is 12.5 Å². The molecule has 1 aliphatic carbocycles. The molecule has 1 saturated heterocycles. The molecule has 4 nitrogen and oxygen atoms in total. The quantitative estimate of drug-likeness (QED) is 0.777. The number of carbonyl (C=O) groups is 2. The van der Waals surface area contributed by atoms with Crippen molar-refractivity contribution in [1.29, 1.82) is 0 Å². The summed E-state index contributed by atoms with van der Waals surface area (Å²) < 4.78 is 6.34. The number of nitrogens with zero attached hydrogens (tertiary/aromatic N) is 1. The third kappa shape index (κ3) is 3.56. The lowest BCUT2D eigenvalue weighted by atomic mass is 9.75. The van der Waals surface area contributed by atoms with Gasteiger partial charge in [0.15, 0.2) is 6.61 Å². The fourth-order valence-corrected chi connectivity index (χ4v) is 5.16. The highest BCUT2D eigenvalue weighted by Crippen LogP contribution is 2.36. The van der Waals surface area contributed by atoms with Crippen molar-refractivity contribution in [2.75, 3.05) is 19.7 Å². The summed E-state index contributed by atoms with van der Waals surface area (Å²) in [6.07, 6.45) is 6.26. The van der Waals surface area contributed by atoms with Gasteiger partial charge >= 0.3 is 5.97 Å². The van der Waals surface area contributed by atoms with Gasteiger partial charge in [-0.2, -0.15) is 0 Å². The van der Waals surface area contributed by atoms with Crippen molar-refractivity contribution >= 4 is 33.3 Å². The molecule has 2 heterocycles. The molecule has 2 fully saturated rings. The molecule has 0 N–H and O–H groups in total. The van der Waals surface area contributed by atoms with Crippen LogP contribution >= 0.6 is 11.3 Å². The van der Waals surface area contributed by atoms with E-state index >= 15 is 0 Å². The number of hydrogen-bond donors (Lipinski definition) is 0. The lowest BCUT2D eigenvalue weighted by molar-refractivity contribution is -0.137.